The van der Waals surface area contributed by atoms with Gasteiger partial charge >= 0.3 is 0 Å². The molecule has 0 aliphatic carbocycles. The molecule has 120 valence electrons. The van der Waals surface area contributed by atoms with E-state index in [-0.39, 0.29) is 5.91 Å². The maximum atomic E-state index is 12.5. The maximum absolute atomic E-state index is 12.5. The number of halogens is 1. The van der Waals surface area contributed by atoms with Crippen molar-refractivity contribution >= 4 is 29.1 Å². The summed E-state index contributed by atoms with van der Waals surface area (Å²) in [5.41, 5.74) is 1.09. The molecule has 2 aromatic rings. The van der Waals surface area contributed by atoms with Crippen molar-refractivity contribution in [3.05, 3.63) is 47.2 Å². The molecule has 23 heavy (non-hydrogen) atoms. The van der Waals surface area contributed by atoms with Crippen LogP contribution in [0, 0.1) is 0 Å². The number of piperazine rings is 1. The highest BCUT2D eigenvalue weighted by Crippen LogP contribution is 2.23. The standard InChI is InChI=1S/C16H18ClN5O/c1-21-8-10-22(11-9-21)15(23)14-6-7-18-16(20-14)19-13-5-3-2-4-12(13)17/h2-7H,8-11H2,1H3,(H,18,19,20). The summed E-state index contributed by atoms with van der Waals surface area (Å²) in [6, 6.07) is 8.97. The zero-order chi connectivity index (χ0) is 16.2. The van der Waals surface area contributed by atoms with Crippen LogP contribution in [0.2, 0.25) is 5.02 Å². The zero-order valence-corrected chi connectivity index (χ0v) is 13.6. The molecule has 0 spiro atoms. The fourth-order valence-corrected chi connectivity index (χ4v) is 2.58. The minimum atomic E-state index is -0.0669. The molecule has 0 saturated carbocycles. The van der Waals surface area contributed by atoms with E-state index in [1.54, 1.807) is 18.3 Å². The van der Waals surface area contributed by atoms with Crippen LogP contribution in [-0.2, 0) is 0 Å². The molecule has 1 aromatic heterocycles. The first kappa shape index (κ1) is 15.7. The van der Waals surface area contributed by atoms with Crippen LogP contribution < -0.4 is 5.32 Å². The number of benzene rings is 1. The SMILES string of the molecule is CN1CCN(C(=O)c2ccnc(Nc3ccccc3Cl)n2)CC1. The van der Waals surface area contributed by atoms with Crippen molar-refractivity contribution in [1.82, 2.24) is 19.8 Å². The predicted octanol–water partition coefficient (Wildman–Crippen LogP) is 2.26. The molecule has 0 atom stereocenters. The summed E-state index contributed by atoms with van der Waals surface area (Å²) in [6.07, 6.45) is 1.58. The van der Waals surface area contributed by atoms with E-state index < -0.39 is 0 Å². The van der Waals surface area contributed by atoms with E-state index in [0.29, 0.717) is 35.4 Å². The van der Waals surface area contributed by atoms with Gasteiger partial charge in [0.2, 0.25) is 5.95 Å². The monoisotopic (exact) mass is 331 g/mol. The number of para-hydroxylation sites is 1. The third-order valence-electron chi connectivity index (χ3n) is 3.79. The van der Waals surface area contributed by atoms with Gasteiger partial charge in [-0.05, 0) is 25.2 Å². The van der Waals surface area contributed by atoms with E-state index in [1.165, 1.54) is 0 Å². The number of likely N-dealkylation sites (N-methyl/N-ethyl adjacent to an activating group) is 1. The molecule has 1 saturated heterocycles. The number of nitrogens with one attached hydrogen (secondary N) is 1. The van der Waals surface area contributed by atoms with Crippen molar-refractivity contribution in [2.24, 2.45) is 0 Å². The van der Waals surface area contributed by atoms with E-state index in [2.05, 4.69) is 27.2 Å². The minimum absolute atomic E-state index is 0.0669. The van der Waals surface area contributed by atoms with Gasteiger partial charge < -0.3 is 15.1 Å². The highest BCUT2D eigenvalue weighted by molar-refractivity contribution is 6.33. The summed E-state index contributed by atoms with van der Waals surface area (Å²) in [7, 11) is 2.05. The van der Waals surface area contributed by atoms with E-state index >= 15 is 0 Å². The molecule has 1 aromatic carbocycles. The molecule has 6 nitrogen and oxygen atoms in total. The third-order valence-corrected chi connectivity index (χ3v) is 4.12. The first-order valence-electron chi connectivity index (χ1n) is 7.46. The van der Waals surface area contributed by atoms with Gasteiger partial charge in [-0.25, -0.2) is 9.97 Å². The van der Waals surface area contributed by atoms with Crippen molar-refractivity contribution in [2.45, 2.75) is 0 Å². The van der Waals surface area contributed by atoms with E-state index in [0.717, 1.165) is 13.1 Å². The molecule has 0 bridgehead atoms. The Morgan fingerprint density at radius 2 is 1.91 bits per heavy atom. The van der Waals surface area contributed by atoms with Crippen LogP contribution in [0.15, 0.2) is 36.5 Å². The number of anilines is 2. The number of amides is 1. The molecule has 1 fully saturated rings. The Bertz CT molecular complexity index is 700. The van der Waals surface area contributed by atoms with Gasteiger partial charge in [-0.3, -0.25) is 4.79 Å². The van der Waals surface area contributed by atoms with Gasteiger partial charge in [0.15, 0.2) is 0 Å². The van der Waals surface area contributed by atoms with Crippen LogP contribution in [-0.4, -0.2) is 58.9 Å². The molecule has 3 rings (SSSR count). The van der Waals surface area contributed by atoms with Gasteiger partial charge in [0.1, 0.15) is 5.69 Å². The van der Waals surface area contributed by atoms with Gasteiger partial charge in [0.25, 0.3) is 5.91 Å². The van der Waals surface area contributed by atoms with Gasteiger partial charge in [0.05, 0.1) is 10.7 Å². The van der Waals surface area contributed by atoms with Crippen molar-refractivity contribution in [3.63, 3.8) is 0 Å². The number of nitrogens with zero attached hydrogens (tertiary/aromatic N) is 4. The van der Waals surface area contributed by atoms with Crippen molar-refractivity contribution in [1.29, 1.82) is 0 Å². The molecule has 1 amide bonds. The molecular weight excluding hydrogens is 314 g/mol. The highest BCUT2D eigenvalue weighted by Gasteiger charge is 2.21. The lowest BCUT2D eigenvalue weighted by Gasteiger charge is -2.32. The molecule has 2 heterocycles. The molecule has 0 unspecified atom stereocenters. The quantitative estimate of drug-likeness (QED) is 0.934. The molecule has 0 radical (unpaired) electrons. The second kappa shape index (κ2) is 6.93. The first-order valence-corrected chi connectivity index (χ1v) is 7.84. The normalized spacial score (nSPS) is 15.5. The summed E-state index contributed by atoms with van der Waals surface area (Å²) < 4.78 is 0. The van der Waals surface area contributed by atoms with Crippen LogP contribution in [0.4, 0.5) is 11.6 Å². The summed E-state index contributed by atoms with van der Waals surface area (Å²) in [5, 5.41) is 3.62. The molecule has 1 aliphatic heterocycles. The van der Waals surface area contributed by atoms with Crippen LogP contribution >= 0.6 is 11.6 Å². The van der Waals surface area contributed by atoms with Gasteiger partial charge in [0, 0.05) is 32.4 Å². The number of hydrogen-bond acceptors (Lipinski definition) is 5. The smallest absolute Gasteiger partial charge is 0.272 e. The number of aromatic nitrogens is 2. The Hall–Kier alpha value is -2.18. The molecular formula is C16H18ClN5O. The molecule has 1 aliphatic rings. The lowest BCUT2D eigenvalue weighted by Crippen LogP contribution is -2.47. The average Bonchev–Trinajstić information content (AvgIpc) is 2.57. The van der Waals surface area contributed by atoms with Crippen molar-refractivity contribution in [3.8, 4) is 0 Å². The van der Waals surface area contributed by atoms with Gasteiger partial charge in [-0.15, -0.1) is 0 Å². The lowest BCUT2D eigenvalue weighted by molar-refractivity contribution is 0.0658. The first-order chi connectivity index (χ1) is 11.1. The fourth-order valence-electron chi connectivity index (χ4n) is 2.39. The number of carbonyl (C=O) groups excluding carboxylic acids is 1. The molecule has 1 N–H and O–H groups in total. The van der Waals surface area contributed by atoms with Gasteiger partial charge in [-0.2, -0.15) is 0 Å². The largest absolute Gasteiger partial charge is 0.335 e. The zero-order valence-electron chi connectivity index (χ0n) is 12.9. The number of hydrogen-bond donors (Lipinski definition) is 1. The lowest BCUT2D eigenvalue weighted by atomic mass is 10.3. The fraction of sp³-hybridized carbons (Fsp3) is 0.312. The van der Waals surface area contributed by atoms with Crippen LogP contribution in [0.5, 0.6) is 0 Å². The maximum Gasteiger partial charge on any atom is 0.272 e. The summed E-state index contributed by atoms with van der Waals surface area (Å²) in [5.74, 6) is 0.292. The Kier molecular flexibility index (Phi) is 4.73. The second-order valence-electron chi connectivity index (χ2n) is 5.47. The van der Waals surface area contributed by atoms with Crippen molar-refractivity contribution < 1.29 is 4.79 Å². The van der Waals surface area contributed by atoms with E-state index in [1.807, 2.05) is 23.1 Å². The number of carbonyl (C=O) groups is 1. The Morgan fingerprint density at radius 3 is 2.65 bits per heavy atom. The Morgan fingerprint density at radius 1 is 1.17 bits per heavy atom. The minimum Gasteiger partial charge on any atom is -0.335 e. The highest BCUT2D eigenvalue weighted by atomic mass is 35.5. The Labute approximate surface area is 140 Å². The predicted molar refractivity (Wildman–Crippen MR) is 90.2 cm³/mol. The summed E-state index contributed by atoms with van der Waals surface area (Å²) in [4.78, 5) is 25.0. The van der Waals surface area contributed by atoms with E-state index in [4.69, 9.17) is 11.6 Å². The van der Waals surface area contributed by atoms with Crippen LogP contribution in [0.3, 0.4) is 0 Å². The summed E-state index contributed by atoms with van der Waals surface area (Å²) in [6.45, 7) is 3.18. The third kappa shape index (κ3) is 3.78. The van der Waals surface area contributed by atoms with Gasteiger partial charge in [-0.1, -0.05) is 23.7 Å². The van der Waals surface area contributed by atoms with Crippen molar-refractivity contribution in [2.75, 3.05) is 38.5 Å². The average molecular weight is 332 g/mol. The van der Waals surface area contributed by atoms with Crippen LogP contribution in [0.25, 0.3) is 0 Å². The molecule has 7 heteroatoms. The van der Waals surface area contributed by atoms with E-state index in [9.17, 15) is 4.79 Å². The number of rotatable bonds is 3. The summed E-state index contributed by atoms with van der Waals surface area (Å²) >= 11 is 6.11. The topological polar surface area (TPSA) is 61.4 Å². The second-order valence-corrected chi connectivity index (χ2v) is 5.87. The Balaban J connectivity index is 1.75. The van der Waals surface area contributed by atoms with Crippen LogP contribution in [0.1, 0.15) is 10.5 Å².